The van der Waals surface area contributed by atoms with Crippen molar-refractivity contribution in [3.8, 4) is 11.3 Å². The minimum absolute atomic E-state index is 0.190. The number of fused-ring (bicyclic) bond motifs is 1. The number of allylic oxidation sites excluding steroid dienone is 2. The molecule has 0 spiro atoms. The van der Waals surface area contributed by atoms with Crippen molar-refractivity contribution in [2.45, 2.75) is 51.9 Å². The molecule has 0 amide bonds. The van der Waals surface area contributed by atoms with Gasteiger partial charge < -0.3 is 4.79 Å². The average Bonchev–Trinajstić information content (AvgIpc) is 3.05. The first kappa shape index (κ1) is 22.0. The number of carbonyl (C=O) groups is 1. The number of hydrogen-bond donors (Lipinski definition) is 0. The van der Waals surface area contributed by atoms with Crippen LogP contribution in [0.5, 0.6) is 0 Å². The number of aryl methyl sites for hydroxylation is 1. The number of rotatable bonds is 6. The molecule has 0 fully saturated rings. The standard InChI is InChI=1S/C22H25F3N4O/c1-5-7-8-26-13(3)29-15(12-30)11-16-21(19(29)6-2)27-28(4)22(16)14-9-17(23)20(25)18(24)10-14/h5,7-10,12-13,15,19H,6,11H2,1-4H3/b7-5-,26-8-. The van der Waals surface area contributed by atoms with Gasteiger partial charge in [0.05, 0.1) is 23.5 Å². The van der Waals surface area contributed by atoms with Gasteiger partial charge in [-0.25, -0.2) is 13.2 Å². The number of hydrogen-bond acceptors (Lipinski definition) is 4. The van der Waals surface area contributed by atoms with Crippen LogP contribution in [0, 0.1) is 17.5 Å². The largest absolute Gasteiger partial charge is 0.302 e. The number of aliphatic imine (C=N–C) groups is 1. The Hall–Kier alpha value is -2.74. The Balaban J connectivity index is 2.12. The minimum atomic E-state index is -1.51. The molecule has 3 atom stereocenters. The molecule has 0 radical (unpaired) electrons. The van der Waals surface area contributed by atoms with Gasteiger partial charge in [0.1, 0.15) is 12.5 Å². The van der Waals surface area contributed by atoms with Gasteiger partial charge in [-0.3, -0.25) is 14.6 Å². The first-order valence-corrected chi connectivity index (χ1v) is 9.91. The molecule has 3 rings (SSSR count). The topological polar surface area (TPSA) is 50.5 Å². The highest BCUT2D eigenvalue weighted by Crippen LogP contribution is 2.40. The highest BCUT2D eigenvalue weighted by atomic mass is 19.2. The van der Waals surface area contributed by atoms with Crippen LogP contribution in [0.25, 0.3) is 11.3 Å². The Labute approximate surface area is 173 Å². The molecule has 160 valence electrons. The van der Waals surface area contributed by atoms with Crippen molar-refractivity contribution in [2.24, 2.45) is 12.0 Å². The summed E-state index contributed by atoms with van der Waals surface area (Å²) in [6.07, 6.45) is 6.98. The first-order chi connectivity index (χ1) is 14.3. The normalized spacial score (nSPS) is 20.8. The van der Waals surface area contributed by atoms with Gasteiger partial charge in [0.2, 0.25) is 0 Å². The number of carbonyl (C=O) groups excluding carboxylic acids is 1. The number of halogens is 3. The summed E-state index contributed by atoms with van der Waals surface area (Å²) in [6, 6.07) is 1.25. The van der Waals surface area contributed by atoms with Gasteiger partial charge in [-0.15, -0.1) is 0 Å². The molecule has 2 aromatic rings. The van der Waals surface area contributed by atoms with Crippen molar-refractivity contribution in [3.05, 3.63) is 53.0 Å². The molecule has 5 nitrogen and oxygen atoms in total. The van der Waals surface area contributed by atoms with Crippen molar-refractivity contribution in [2.75, 3.05) is 0 Å². The van der Waals surface area contributed by atoms with Crippen molar-refractivity contribution in [1.29, 1.82) is 0 Å². The zero-order valence-electron chi connectivity index (χ0n) is 17.4. The van der Waals surface area contributed by atoms with Gasteiger partial charge in [0, 0.05) is 24.4 Å². The van der Waals surface area contributed by atoms with E-state index >= 15 is 0 Å². The molecule has 1 aromatic carbocycles. The number of aromatic nitrogens is 2. The van der Waals surface area contributed by atoms with Crippen LogP contribution in [0.1, 0.15) is 44.5 Å². The van der Waals surface area contributed by atoms with E-state index in [0.717, 1.165) is 29.7 Å². The van der Waals surface area contributed by atoms with E-state index in [1.165, 1.54) is 0 Å². The molecule has 8 heteroatoms. The summed E-state index contributed by atoms with van der Waals surface area (Å²) in [5, 5.41) is 4.61. The van der Waals surface area contributed by atoms with Gasteiger partial charge in [-0.1, -0.05) is 13.0 Å². The number of nitrogens with zero attached hydrogens (tertiary/aromatic N) is 4. The monoisotopic (exact) mass is 418 g/mol. The van der Waals surface area contributed by atoms with Crippen molar-refractivity contribution < 1.29 is 18.0 Å². The predicted molar refractivity (Wildman–Crippen MR) is 110 cm³/mol. The highest BCUT2D eigenvalue weighted by Gasteiger charge is 2.40. The molecule has 2 heterocycles. The van der Waals surface area contributed by atoms with Crippen LogP contribution in [0.3, 0.4) is 0 Å². The van der Waals surface area contributed by atoms with Gasteiger partial charge in [0.25, 0.3) is 0 Å². The quantitative estimate of drug-likeness (QED) is 0.398. The van der Waals surface area contributed by atoms with E-state index in [4.69, 9.17) is 0 Å². The van der Waals surface area contributed by atoms with Gasteiger partial charge in [0.15, 0.2) is 17.5 Å². The number of aldehydes is 1. The summed E-state index contributed by atoms with van der Waals surface area (Å²) < 4.78 is 42.7. The average molecular weight is 418 g/mol. The maximum absolute atomic E-state index is 13.9. The second-order valence-corrected chi connectivity index (χ2v) is 7.32. The van der Waals surface area contributed by atoms with Crippen LogP contribution in [-0.2, 0) is 18.3 Å². The maximum atomic E-state index is 13.9. The van der Waals surface area contributed by atoms with Crippen molar-refractivity contribution in [3.63, 3.8) is 0 Å². The first-order valence-electron chi connectivity index (χ1n) is 9.91. The van der Waals surface area contributed by atoms with E-state index in [9.17, 15) is 18.0 Å². The zero-order chi connectivity index (χ0) is 22.0. The summed E-state index contributed by atoms with van der Waals surface area (Å²) in [5.74, 6) is -4.03. The molecule has 0 bridgehead atoms. The fraction of sp³-hybridized carbons (Fsp3) is 0.409. The van der Waals surface area contributed by atoms with Crippen molar-refractivity contribution in [1.82, 2.24) is 14.7 Å². The van der Waals surface area contributed by atoms with Crippen LogP contribution >= 0.6 is 0 Å². The summed E-state index contributed by atoms with van der Waals surface area (Å²) in [4.78, 5) is 18.5. The second kappa shape index (κ2) is 8.95. The molecule has 0 saturated heterocycles. The fourth-order valence-electron chi connectivity index (χ4n) is 4.20. The molecule has 3 unspecified atom stereocenters. The molecule has 0 N–H and O–H groups in total. The fourth-order valence-corrected chi connectivity index (χ4v) is 4.20. The highest BCUT2D eigenvalue weighted by molar-refractivity contribution is 5.71. The second-order valence-electron chi connectivity index (χ2n) is 7.32. The lowest BCUT2D eigenvalue weighted by Crippen LogP contribution is -2.48. The Morgan fingerprint density at radius 2 is 1.97 bits per heavy atom. The zero-order valence-corrected chi connectivity index (χ0v) is 17.4. The van der Waals surface area contributed by atoms with E-state index in [1.54, 1.807) is 17.9 Å². The van der Waals surface area contributed by atoms with E-state index in [2.05, 4.69) is 10.1 Å². The molecule has 1 aliphatic heterocycles. The van der Waals surface area contributed by atoms with E-state index in [1.807, 2.05) is 37.8 Å². The Kier molecular flexibility index (Phi) is 6.55. The lowest BCUT2D eigenvalue weighted by Gasteiger charge is -2.41. The van der Waals surface area contributed by atoms with Gasteiger partial charge in [-0.05, 0) is 44.9 Å². The summed E-state index contributed by atoms with van der Waals surface area (Å²) in [6.45, 7) is 5.80. The molecule has 1 aliphatic rings. The molecule has 0 saturated carbocycles. The summed E-state index contributed by atoms with van der Waals surface area (Å²) in [5.41, 5.74) is 2.16. The molecular formula is C22H25F3N4O. The van der Waals surface area contributed by atoms with Crippen LogP contribution in [0.15, 0.2) is 29.3 Å². The van der Waals surface area contributed by atoms with Crippen LogP contribution < -0.4 is 0 Å². The van der Waals surface area contributed by atoms with Gasteiger partial charge in [-0.2, -0.15) is 5.10 Å². The summed E-state index contributed by atoms with van der Waals surface area (Å²) in [7, 11) is 1.67. The summed E-state index contributed by atoms with van der Waals surface area (Å²) >= 11 is 0. The van der Waals surface area contributed by atoms with Gasteiger partial charge >= 0.3 is 0 Å². The van der Waals surface area contributed by atoms with E-state index in [-0.39, 0.29) is 17.8 Å². The van der Waals surface area contributed by atoms with Crippen LogP contribution in [-0.4, -0.2) is 39.4 Å². The number of benzene rings is 1. The Bertz CT molecular complexity index is 976. The Morgan fingerprint density at radius 1 is 1.30 bits per heavy atom. The Morgan fingerprint density at radius 3 is 2.53 bits per heavy atom. The molecule has 30 heavy (non-hydrogen) atoms. The molecule has 0 aliphatic carbocycles. The SMILES string of the molecule is C/C=C\C=N/C(C)N1C(C=O)Cc2c(nn(C)c2-c2cc(F)c(F)c(F)c2)C1CC. The molecule has 1 aromatic heterocycles. The third-order valence-electron chi connectivity index (χ3n) is 5.46. The predicted octanol–water partition coefficient (Wildman–Crippen LogP) is 4.37. The third kappa shape index (κ3) is 3.84. The van der Waals surface area contributed by atoms with Crippen LogP contribution in [0.2, 0.25) is 0 Å². The van der Waals surface area contributed by atoms with E-state index in [0.29, 0.717) is 18.5 Å². The lowest BCUT2D eigenvalue weighted by atomic mass is 9.89. The van der Waals surface area contributed by atoms with E-state index < -0.39 is 23.5 Å². The third-order valence-corrected chi connectivity index (χ3v) is 5.46. The molecular weight excluding hydrogens is 393 g/mol. The van der Waals surface area contributed by atoms with Crippen molar-refractivity contribution >= 4 is 12.5 Å². The smallest absolute Gasteiger partial charge is 0.194 e. The van der Waals surface area contributed by atoms with Crippen LogP contribution in [0.4, 0.5) is 13.2 Å². The maximum Gasteiger partial charge on any atom is 0.194 e. The lowest BCUT2D eigenvalue weighted by molar-refractivity contribution is -0.115. The minimum Gasteiger partial charge on any atom is -0.302 e.